The zero-order valence-electron chi connectivity index (χ0n) is 10.4. The van der Waals surface area contributed by atoms with Gasteiger partial charge in [-0.05, 0) is 25.5 Å². The van der Waals surface area contributed by atoms with E-state index in [0.717, 1.165) is 12.1 Å². The number of carboxylic acids is 1. The van der Waals surface area contributed by atoms with Crippen molar-refractivity contribution in [2.24, 2.45) is 0 Å². The molecule has 1 atom stereocenters. The summed E-state index contributed by atoms with van der Waals surface area (Å²) >= 11 is 0. The van der Waals surface area contributed by atoms with E-state index in [-0.39, 0.29) is 5.56 Å². The second-order valence-corrected chi connectivity index (χ2v) is 4.27. The van der Waals surface area contributed by atoms with Gasteiger partial charge in [-0.25, -0.2) is 4.79 Å². The van der Waals surface area contributed by atoms with E-state index in [4.69, 9.17) is 5.11 Å². The summed E-state index contributed by atoms with van der Waals surface area (Å²) in [6, 6.07) is 3.81. The molecule has 0 bridgehead atoms. The fourth-order valence-corrected chi connectivity index (χ4v) is 1.55. The molecule has 1 heterocycles. The van der Waals surface area contributed by atoms with Gasteiger partial charge in [-0.15, -0.1) is 0 Å². The molecule has 1 rings (SSSR count). The van der Waals surface area contributed by atoms with E-state index in [1.807, 2.05) is 0 Å². The maximum Gasteiger partial charge on any atom is 0.337 e. The normalized spacial score (nSPS) is 12.4. The fraction of sp³-hybridized carbons (Fsp3) is 0.538. The first kappa shape index (κ1) is 13.6. The third-order valence-corrected chi connectivity index (χ3v) is 2.69. The molecule has 94 valence electrons. The molecule has 0 saturated heterocycles. The number of hydrogen-bond acceptors (Lipinski definition) is 3. The lowest BCUT2D eigenvalue weighted by molar-refractivity contribution is 0.0696. The number of carbonyl (C=O) groups is 1. The number of carboxylic acid groups (broad SMARTS) is 1. The van der Waals surface area contributed by atoms with Crippen molar-refractivity contribution < 1.29 is 9.90 Å². The van der Waals surface area contributed by atoms with Crippen LogP contribution in [0.15, 0.2) is 18.3 Å². The number of nitrogens with zero attached hydrogens (tertiary/aromatic N) is 1. The summed E-state index contributed by atoms with van der Waals surface area (Å²) in [6.45, 7) is 5.02. The predicted octanol–water partition coefficient (Wildman–Crippen LogP) is 2.45. The summed E-state index contributed by atoms with van der Waals surface area (Å²) in [4.78, 5) is 14.7. The van der Waals surface area contributed by atoms with Gasteiger partial charge in [0.2, 0.25) is 0 Å². The van der Waals surface area contributed by atoms with Crippen molar-refractivity contribution in [2.75, 3.05) is 0 Å². The first-order valence-corrected chi connectivity index (χ1v) is 6.05. The molecule has 0 fully saturated rings. The van der Waals surface area contributed by atoms with Crippen molar-refractivity contribution in [1.82, 2.24) is 10.3 Å². The van der Waals surface area contributed by atoms with Crippen molar-refractivity contribution in [3.63, 3.8) is 0 Å². The summed E-state index contributed by atoms with van der Waals surface area (Å²) in [5.41, 5.74) is 1.10. The Balaban J connectivity index is 2.39. The Hall–Kier alpha value is -1.42. The first-order chi connectivity index (χ1) is 8.13. The smallest absolute Gasteiger partial charge is 0.337 e. The van der Waals surface area contributed by atoms with Crippen LogP contribution < -0.4 is 5.32 Å². The number of rotatable bonds is 7. The largest absolute Gasteiger partial charge is 0.478 e. The van der Waals surface area contributed by atoms with Crippen LogP contribution in [0.25, 0.3) is 0 Å². The van der Waals surface area contributed by atoms with Crippen LogP contribution in [0.5, 0.6) is 0 Å². The van der Waals surface area contributed by atoms with E-state index >= 15 is 0 Å². The highest BCUT2D eigenvalue weighted by Crippen LogP contribution is 2.03. The summed E-state index contributed by atoms with van der Waals surface area (Å²) in [7, 11) is 0. The first-order valence-electron chi connectivity index (χ1n) is 6.05. The van der Waals surface area contributed by atoms with E-state index in [2.05, 4.69) is 24.1 Å². The summed E-state index contributed by atoms with van der Waals surface area (Å²) in [5, 5.41) is 12.1. The Bertz CT molecular complexity index is 349. The zero-order chi connectivity index (χ0) is 12.7. The lowest BCUT2D eigenvalue weighted by Gasteiger charge is -2.12. The van der Waals surface area contributed by atoms with Gasteiger partial charge in [0.05, 0.1) is 11.3 Å². The SMILES string of the molecule is CCCCC(C)NCc1ccc(C(=O)O)cn1. The Kier molecular flexibility index (Phi) is 5.63. The molecule has 0 saturated carbocycles. The third-order valence-electron chi connectivity index (χ3n) is 2.69. The monoisotopic (exact) mass is 236 g/mol. The number of nitrogens with one attached hydrogen (secondary N) is 1. The molecule has 1 unspecified atom stereocenters. The Morgan fingerprint density at radius 1 is 1.53 bits per heavy atom. The van der Waals surface area contributed by atoms with Gasteiger partial charge >= 0.3 is 5.97 Å². The van der Waals surface area contributed by atoms with Crippen LogP contribution in [-0.2, 0) is 6.54 Å². The summed E-state index contributed by atoms with van der Waals surface area (Å²) in [6.07, 6.45) is 4.98. The average Bonchev–Trinajstić information content (AvgIpc) is 2.34. The van der Waals surface area contributed by atoms with Crippen molar-refractivity contribution in [3.8, 4) is 0 Å². The maximum atomic E-state index is 10.6. The molecular weight excluding hydrogens is 216 g/mol. The molecule has 4 nitrogen and oxygen atoms in total. The predicted molar refractivity (Wildman–Crippen MR) is 67.0 cm³/mol. The number of pyridine rings is 1. The highest BCUT2D eigenvalue weighted by molar-refractivity contribution is 5.87. The topological polar surface area (TPSA) is 62.2 Å². The molecule has 0 aliphatic heterocycles. The Labute approximate surface area is 102 Å². The van der Waals surface area contributed by atoms with Gasteiger partial charge in [0.1, 0.15) is 0 Å². The molecule has 17 heavy (non-hydrogen) atoms. The third kappa shape index (κ3) is 4.95. The Morgan fingerprint density at radius 3 is 2.82 bits per heavy atom. The van der Waals surface area contributed by atoms with Crippen molar-refractivity contribution >= 4 is 5.97 Å². The average molecular weight is 236 g/mol. The number of aromatic carboxylic acids is 1. The van der Waals surface area contributed by atoms with Crippen LogP contribution in [-0.4, -0.2) is 22.1 Å². The number of hydrogen-bond donors (Lipinski definition) is 2. The highest BCUT2D eigenvalue weighted by atomic mass is 16.4. The minimum atomic E-state index is -0.937. The minimum absolute atomic E-state index is 0.229. The summed E-state index contributed by atoms with van der Waals surface area (Å²) < 4.78 is 0. The summed E-state index contributed by atoms with van der Waals surface area (Å²) in [5.74, 6) is -0.937. The van der Waals surface area contributed by atoms with Gasteiger partial charge in [-0.2, -0.15) is 0 Å². The fourth-order valence-electron chi connectivity index (χ4n) is 1.55. The zero-order valence-corrected chi connectivity index (χ0v) is 10.4. The van der Waals surface area contributed by atoms with E-state index in [1.54, 1.807) is 12.1 Å². The molecule has 1 aromatic heterocycles. The van der Waals surface area contributed by atoms with Crippen LogP contribution in [0.3, 0.4) is 0 Å². The molecule has 0 aliphatic carbocycles. The Morgan fingerprint density at radius 2 is 2.29 bits per heavy atom. The van der Waals surface area contributed by atoms with Gasteiger partial charge in [-0.1, -0.05) is 19.8 Å². The molecule has 0 aromatic carbocycles. The van der Waals surface area contributed by atoms with Crippen LogP contribution in [0, 0.1) is 0 Å². The van der Waals surface area contributed by atoms with E-state index in [0.29, 0.717) is 12.6 Å². The van der Waals surface area contributed by atoms with Crippen LogP contribution in [0.4, 0.5) is 0 Å². The van der Waals surface area contributed by atoms with Gasteiger partial charge in [0, 0.05) is 18.8 Å². The van der Waals surface area contributed by atoms with Gasteiger partial charge < -0.3 is 10.4 Å². The van der Waals surface area contributed by atoms with E-state index < -0.39 is 5.97 Å². The molecular formula is C13H20N2O2. The quantitative estimate of drug-likeness (QED) is 0.763. The number of aromatic nitrogens is 1. The molecule has 0 amide bonds. The van der Waals surface area contributed by atoms with Crippen LogP contribution in [0.2, 0.25) is 0 Å². The maximum absolute atomic E-state index is 10.6. The second-order valence-electron chi connectivity index (χ2n) is 4.27. The standard InChI is InChI=1S/C13H20N2O2/c1-3-4-5-10(2)14-9-12-7-6-11(8-15-12)13(16)17/h6-8,10,14H,3-5,9H2,1-2H3,(H,16,17). The molecule has 0 spiro atoms. The van der Waals surface area contributed by atoms with Gasteiger partial charge in [0.15, 0.2) is 0 Å². The highest BCUT2D eigenvalue weighted by Gasteiger charge is 2.04. The number of unbranched alkanes of at least 4 members (excludes halogenated alkanes) is 1. The van der Waals surface area contributed by atoms with Crippen LogP contribution >= 0.6 is 0 Å². The van der Waals surface area contributed by atoms with Crippen molar-refractivity contribution in [3.05, 3.63) is 29.6 Å². The molecule has 1 aromatic rings. The lowest BCUT2D eigenvalue weighted by Crippen LogP contribution is -2.25. The van der Waals surface area contributed by atoms with Gasteiger partial charge in [-0.3, -0.25) is 4.98 Å². The molecule has 0 radical (unpaired) electrons. The minimum Gasteiger partial charge on any atom is -0.478 e. The van der Waals surface area contributed by atoms with Gasteiger partial charge in [0.25, 0.3) is 0 Å². The molecule has 2 N–H and O–H groups in total. The molecule has 0 aliphatic rings. The van der Waals surface area contributed by atoms with E-state index in [9.17, 15) is 4.79 Å². The van der Waals surface area contributed by atoms with Crippen molar-refractivity contribution in [1.29, 1.82) is 0 Å². The second kappa shape index (κ2) is 7.01. The van der Waals surface area contributed by atoms with Crippen LogP contribution in [0.1, 0.15) is 49.2 Å². The molecule has 4 heteroatoms. The van der Waals surface area contributed by atoms with Crippen molar-refractivity contribution in [2.45, 2.75) is 45.7 Å². The lowest BCUT2D eigenvalue weighted by atomic mass is 10.1. The van der Waals surface area contributed by atoms with E-state index in [1.165, 1.54) is 19.0 Å².